The van der Waals surface area contributed by atoms with Gasteiger partial charge >= 0.3 is 0 Å². The average Bonchev–Trinajstić information content (AvgIpc) is 2.46. The van der Waals surface area contributed by atoms with E-state index in [1.54, 1.807) is 42.6 Å². The third kappa shape index (κ3) is 3.94. The van der Waals surface area contributed by atoms with Crippen molar-refractivity contribution in [2.45, 2.75) is 0 Å². The van der Waals surface area contributed by atoms with Crippen LogP contribution in [0.1, 0.15) is 10.4 Å². The van der Waals surface area contributed by atoms with Crippen molar-refractivity contribution in [3.63, 3.8) is 0 Å². The maximum Gasteiger partial charge on any atom is 0.255 e. The smallest absolute Gasteiger partial charge is 0.255 e. The second kappa shape index (κ2) is 6.88. The highest BCUT2D eigenvalue weighted by Crippen LogP contribution is 2.14. The summed E-state index contributed by atoms with van der Waals surface area (Å²) in [6.07, 6.45) is 1.54. The lowest BCUT2D eigenvalue weighted by molar-refractivity contribution is 0.102. The van der Waals surface area contributed by atoms with E-state index in [9.17, 15) is 4.79 Å². The van der Waals surface area contributed by atoms with Gasteiger partial charge in [0.15, 0.2) is 0 Å². The van der Waals surface area contributed by atoms with Crippen LogP contribution in [-0.2, 0) is 0 Å². The van der Waals surface area contributed by atoms with E-state index in [2.05, 4.69) is 15.6 Å². The van der Waals surface area contributed by atoms with E-state index in [0.29, 0.717) is 28.6 Å². The van der Waals surface area contributed by atoms with E-state index < -0.39 is 0 Å². The average molecular weight is 292 g/mol. The quantitative estimate of drug-likeness (QED) is 0.791. The largest absolute Gasteiger partial charge is 0.395 e. The van der Waals surface area contributed by atoms with Gasteiger partial charge in [-0.15, -0.1) is 0 Å². The number of nitrogens with zero attached hydrogens (tertiary/aromatic N) is 1. The first-order chi connectivity index (χ1) is 9.69. The van der Waals surface area contributed by atoms with Crippen molar-refractivity contribution in [1.29, 1.82) is 0 Å². The number of anilines is 2. The van der Waals surface area contributed by atoms with Gasteiger partial charge in [-0.2, -0.15) is 0 Å². The highest BCUT2D eigenvalue weighted by Gasteiger charge is 2.06. The summed E-state index contributed by atoms with van der Waals surface area (Å²) in [4.78, 5) is 16.1. The Labute approximate surface area is 121 Å². The van der Waals surface area contributed by atoms with Crippen LogP contribution in [0.4, 0.5) is 11.5 Å². The molecule has 0 bridgehead atoms. The first-order valence-electron chi connectivity index (χ1n) is 6.07. The minimum atomic E-state index is -0.245. The highest BCUT2D eigenvalue weighted by atomic mass is 35.5. The standard InChI is InChI=1S/C14H14ClN3O2/c15-11-3-1-2-10(8-11)14(20)18-12-4-5-13(17-9-12)16-6-7-19/h1-5,8-9,19H,6-7H2,(H,16,17)(H,18,20). The van der Waals surface area contributed by atoms with Crippen molar-refractivity contribution >= 4 is 29.0 Å². The van der Waals surface area contributed by atoms with Crippen LogP contribution < -0.4 is 10.6 Å². The summed E-state index contributed by atoms with van der Waals surface area (Å²) in [5.41, 5.74) is 1.07. The number of pyridine rings is 1. The summed E-state index contributed by atoms with van der Waals surface area (Å²) < 4.78 is 0. The molecule has 6 heteroatoms. The van der Waals surface area contributed by atoms with Gasteiger partial charge in [-0.25, -0.2) is 4.98 Å². The first-order valence-corrected chi connectivity index (χ1v) is 6.44. The Morgan fingerprint density at radius 2 is 2.15 bits per heavy atom. The topological polar surface area (TPSA) is 74.2 Å². The fourth-order valence-electron chi connectivity index (χ4n) is 1.59. The Morgan fingerprint density at radius 3 is 2.80 bits per heavy atom. The van der Waals surface area contributed by atoms with Gasteiger partial charge in [0.1, 0.15) is 5.82 Å². The Morgan fingerprint density at radius 1 is 1.30 bits per heavy atom. The fourth-order valence-corrected chi connectivity index (χ4v) is 1.78. The molecule has 5 nitrogen and oxygen atoms in total. The molecule has 3 N–H and O–H groups in total. The van der Waals surface area contributed by atoms with Crippen molar-refractivity contribution in [2.75, 3.05) is 23.8 Å². The molecule has 0 aliphatic carbocycles. The van der Waals surface area contributed by atoms with E-state index in [1.807, 2.05) is 0 Å². The molecule has 2 rings (SSSR count). The molecule has 0 saturated heterocycles. The molecule has 0 spiro atoms. The lowest BCUT2D eigenvalue weighted by Gasteiger charge is -2.07. The first kappa shape index (κ1) is 14.3. The van der Waals surface area contributed by atoms with E-state index in [0.717, 1.165) is 0 Å². The van der Waals surface area contributed by atoms with Crippen molar-refractivity contribution < 1.29 is 9.90 Å². The van der Waals surface area contributed by atoms with Crippen LogP contribution in [0.25, 0.3) is 0 Å². The van der Waals surface area contributed by atoms with Crippen LogP contribution in [0.2, 0.25) is 5.02 Å². The van der Waals surface area contributed by atoms with Crippen molar-refractivity contribution in [1.82, 2.24) is 4.98 Å². The number of rotatable bonds is 5. The van der Waals surface area contributed by atoms with Gasteiger partial charge in [0.05, 0.1) is 18.5 Å². The normalized spacial score (nSPS) is 10.1. The maximum atomic E-state index is 12.0. The SMILES string of the molecule is O=C(Nc1ccc(NCCO)nc1)c1cccc(Cl)c1. The van der Waals surface area contributed by atoms with Crippen molar-refractivity contribution in [3.05, 3.63) is 53.2 Å². The van der Waals surface area contributed by atoms with E-state index in [4.69, 9.17) is 16.7 Å². The van der Waals surface area contributed by atoms with Gasteiger partial charge in [0, 0.05) is 17.1 Å². The number of aliphatic hydroxyl groups is 1. The maximum absolute atomic E-state index is 12.0. The molecule has 0 aliphatic rings. The van der Waals surface area contributed by atoms with Crippen LogP contribution in [0.5, 0.6) is 0 Å². The van der Waals surface area contributed by atoms with Crippen LogP contribution >= 0.6 is 11.6 Å². The molecule has 1 aromatic carbocycles. The number of nitrogens with one attached hydrogen (secondary N) is 2. The number of halogens is 1. The third-order valence-electron chi connectivity index (χ3n) is 2.53. The molecule has 0 fully saturated rings. The van der Waals surface area contributed by atoms with E-state index >= 15 is 0 Å². The molecule has 0 atom stereocenters. The number of aliphatic hydroxyl groups excluding tert-OH is 1. The van der Waals surface area contributed by atoms with E-state index in [-0.39, 0.29) is 12.5 Å². The number of amides is 1. The zero-order valence-electron chi connectivity index (χ0n) is 10.6. The molecule has 1 amide bonds. The molecule has 2 aromatic rings. The summed E-state index contributed by atoms with van der Waals surface area (Å²) in [6, 6.07) is 10.2. The number of benzene rings is 1. The summed E-state index contributed by atoms with van der Waals surface area (Å²) in [5.74, 6) is 0.394. The highest BCUT2D eigenvalue weighted by molar-refractivity contribution is 6.31. The Bertz CT molecular complexity index is 587. The van der Waals surface area contributed by atoms with Crippen LogP contribution in [0, 0.1) is 0 Å². The van der Waals surface area contributed by atoms with Crippen molar-refractivity contribution in [2.24, 2.45) is 0 Å². The van der Waals surface area contributed by atoms with Crippen LogP contribution in [0.3, 0.4) is 0 Å². The second-order valence-electron chi connectivity index (χ2n) is 4.05. The Balaban J connectivity index is 2.01. The Hall–Kier alpha value is -2.11. The molecule has 1 heterocycles. The molecule has 104 valence electrons. The fraction of sp³-hybridized carbons (Fsp3) is 0.143. The molecule has 20 heavy (non-hydrogen) atoms. The number of carbonyl (C=O) groups excluding carboxylic acids is 1. The predicted octanol–water partition coefficient (Wildman–Crippen LogP) is 2.39. The van der Waals surface area contributed by atoms with Gasteiger partial charge in [-0.3, -0.25) is 4.79 Å². The van der Waals surface area contributed by atoms with Gasteiger partial charge in [-0.1, -0.05) is 17.7 Å². The summed E-state index contributed by atoms with van der Waals surface area (Å²) in [6.45, 7) is 0.468. The molecule has 1 aromatic heterocycles. The van der Waals surface area contributed by atoms with Crippen molar-refractivity contribution in [3.8, 4) is 0 Å². The molecular weight excluding hydrogens is 278 g/mol. The number of hydrogen-bond acceptors (Lipinski definition) is 4. The summed E-state index contributed by atoms with van der Waals surface area (Å²) >= 11 is 5.84. The molecular formula is C14H14ClN3O2. The molecule has 0 radical (unpaired) electrons. The predicted molar refractivity (Wildman–Crippen MR) is 79.2 cm³/mol. The van der Waals surface area contributed by atoms with Gasteiger partial charge in [0.2, 0.25) is 0 Å². The number of hydrogen-bond donors (Lipinski definition) is 3. The second-order valence-corrected chi connectivity index (χ2v) is 4.48. The zero-order valence-corrected chi connectivity index (χ0v) is 11.4. The molecule has 0 aliphatic heterocycles. The van der Waals surface area contributed by atoms with Gasteiger partial charge in [-0.05, 0) is 30.3 Å². The summed E-state index contributed by atoms with van der Waals surface area (Å²) in [5, 5.41) is 14.9. The molecule has 0 saturated carbocycles. The minimum Gasteiger partial charge on any atom is -0.395 e. The van der Waals surface area contributed by atoms with E-state index in [1.165, 1.54) is 0 Å². The van der Waals surface area contributed by atoms with Crippen LogP contribution in [-0.4, -0.2) is 29.1 Å². The summed E-state index contributed by atoms with van der Waals surface area (Å²) in [7, 11) is 0. The number of aromatic nitrogens is 1. The van der Waals surface area contributed by atoms with Crippen LogP contribution in [0.15, 0.2) is 42.6 Å². The monoisotopic (exact) mass is 291 g/mol. The zero-order chi connectivity index (χ0) is 14.4. The lowest BCUT2D eigenvalue weighted by atomic mass is 10.2. The van der Waals surface area contributed by atoms with Gasteiger partial charge in [0.25, 0.3) is 5.91 Å². The number of carbonyl (C=O) groups is 1. The molecule has 0 unspecified atom stereocenters. The third-order valence-corrected chi connectivity index (χ3v) is 2.76. The van der Waals surface area contributed by atoms with Gasteiger partial charge < -0.3 is 15.7 Å². The lowest BCUT2D eigenvalue weighted by Crippen LogP contribution is -2.12. The minimum absolute atomic E-state index is 0.0366. The Kier molecular flexibility index (Phi) is 4.92.